The molecule has 8 nitrogen and oxygen atoms in total. The van der Waals surface area contributed by atoms with Gasteiger partial charge in [-0.05, 0) is 38.5 Å². The van der Waals surface area contributed by atoms with Crippen LogP contribution >= 0.6 is 0 Å². The topological polar surface area (TPSA) is 97.9 Å². The SMILES string of the molecule is CC(C)(C)NC(=O)COC(=O)C1CNNC1c1ccc2c(c1)OCCO2. The number of hydrogen-bond donors (Lipinski definition) is 3. The van der Waals surface area contributed by atoms with E-state index in [0.29, 0.717) is 31.3 Å². The third kappa shape index (κ3) is 4.44. The Morgan fingerprint density at radius 3 is 2.69 bits per heavy atom. The first-order valence-electron chi connectivity index (χ1n) is 8.69. The highest BCUT2D eigenvalue weighted by Gasteiger charge is 2.36. The van der Waals surface area contributed by atoms with Crippen LogP contribution in [0.3, 0.4) is 0 Å². The minimum Gasteiger partial charge on any atom is -0.486 e. The molecule has 0 saturated carbocycles. The molecule has 0 spiro atoms. The molecule has 2 atom stereocenters. The van der Waals surface area contributed by atoms with Crippen molar-refractivity contribution < 1.29 is 23.8 Å². The summed E-state index contributed by atoms with van der Waals surface area (Å²) >= 11 is 0. The Morgan fingerprint density at radius 2 is 1.96 bits per heavy atom. The Balaban J connectivity index is 1.62. The third-order valence-corrected chi connectivity index (χ3v) is 4.07. The molecule has 3 N–H and O–H groups in total. The highest BCUT2D eigenvalue weighted by atomic mass is 16.6. The van der Waals surface area contributed by atoms with Crippen molar-refractivity contribution in [1.82, 2.24) is 16.2 Å². The molecule has 0 aromatic heterocycles. The molecule has 0 radical (unpaired) electrons. The van der Waals surface area contributed by atoms with E-state index in [9.17, 15) is 9.59 Å². The summed E-state index contributed by atoms with van der Waals surface area (Å²) in [4.78, 5) is 24.3. The fourth-order valence-corrected chi connectivity index (χ4v) is 2.98. The summed E-state index contributed by atoms with van der Waals surface area (Å²) in [6.45, 7) is 6.77. The van der Waals surface area contributed by atoms with Gasteiger partial charge in [0.05, 0.1) is 12.0 Å². The molecule has 2 aliphatic heterocycles. The van der Waals surface area contributed by atoms with Gasteiger partial charge in [0.15, 0.2) is 18.1 Å². The number of rotatable bonds is 4. The summed E-state index contributed by atoms with van der Waals surface area (Å²) in [6.07, 6.45) is 0. The van der Waals surface area contributed by atoms with Gasteiger partial charge in [-0.2, -0.15) is 0 Å². The maximum absolute atomic E-state index is 12.4. The van der Waals surface area contributed by atoms with Crippen molar-refractivity contribution in [3.8, 4) is 11.5 Å². The maximum Gasteiger partial charge on any atom is 0.312 e. The van der Waals surface area contributed by atoms with E-state index in [4.69, 9.17) is 14.2 Å². The van der Waals surface area contributed by atoms with Gasteiger partial charge in [0.25, 0.3) is 5.91 Å². The molecule has 3 rings (SSSR count). The molecule has 2 unspecified atom stereocenters. The number of nitrogens with one attached hydrogen (secondary N) is 3. The Labute approximate surface area is 152 Å². The van der Waals surface area contributed by atoms with E-state index >= 15 is 0 Å². The number of amides is 1. The van der Waals surface area contributed by atoms with Crippen LogP contribution in [0.5, 0.6) is 11.5 Å². The van der Waals surface area contributed by atoms with E-state index in [-0.39, 0.29) is 24.1 Å². The second-order valence-corrected chi connectivity index (χ2v) is 7.42. The van der Waals surface area contributed by atoms with E-state index in [2.05, 4.69) is 16.2 Å². The zero-order valence-electron chi connectivity index (χ0n) is 15.3. The third-order valence-electron chi connectivity index (χ3n) is 4.07. The quantitative estimate of drug-likeness (QED) is 0.677. The molecule has 2 heterocycles. The first kappa shape index (κ1) is 18.5. The summed E-state index contributed by atoms with van der Waals surface area (Å²) in [5, 5.41) is 2.76. The highest BCUT2D eigenvalue weighted by molar-refractivity contribution is 5.82. The van der Waals surface area contributed by atoms with Gasteiger partial charge >= 0.3 is 5.97 Å². The molecule has 0 aliphatic carbocycles. The summed E-state index contributed by atoms with van der Waals surface area (Å²) < 4.78 is 16.3. The van der Waals surface area contributed by atoms with Crippen LogP contribution in [0, 0.1) is 5.92 Å². The van der Waals surface area contributed by atoms with Crippen molar-refractivity contribution in [3.05, 3.63) is 23.8 Å². The second kappa shape index (κ2) is 7.51. The van der Waals surface area contributed by atoms with Crippen molar-refractivity contribution in [2.75, 3.05) is 26.4 Å². The minimum atomic E-state index is -0.444. The van der Waals surface area contributed by atoms with Crippen LogP contribution in [0.2, 0.25) is 0 Å². The van der Waals surface area contributed by atoms with E-state index in [0.717, 1.165) is 5.56 Å². The van der Waals surface area contributed by atoms with Crippen LogP contribution in [0.25, 0.3) is 0 Å². The van der Waals surface area contributed by atoms with Crippen LogP contribution in [0.15, 0.2) is 18.2 Å². The fraction of sp³-hybridized carbons (Fsp3) is 0.556. The number of carbonyl (C=O) groups is 2. The highest BCUT2D eigenvalue weighted by Crippen LogP contribution is 2.35. The van der Waals surface area contributed by atoms with Crippen molar-refractivity contribution in [2.45, 2.75) is 32.4 Å². The summed E-state index contributed by atoms with van der Waals surface area (Å²) in [5.74, 6) is 0.176. The molecule has 1 aromatic rings. The van der Waals surface area contributed by atoms with Crippen LogP contribution in [0.1, 0.15) is 32.4 Å². The van der Waals surface area contributed by atoms with Crippen molar-refractivity contribution in [3.63, 3.8) is 0 Å². The number of ether oxygens (including phenoxy) is 3. The number of benzene rings is 1. The predicted molar refractivity (Wildman–Crippen MR) is 93.7 cm³/mol. The largest absolute Gasteiger partial charge is 0.486 e. The Morgan fingerprint density at radius 1 is 1.23 bits per heavy atom. The van der Waals surface area contributed by atoms with E-state index in [1.165, 1.54) is 0 Å². The number of esters is 1. The van der Waals surface area contributed by atoms with E-state index in [1.807, 2.05) is 39.0 Å². The molecule has 8 heteroatoms. The lowest BCUT2D eigenvalue weighted by atomic mass is 9.94. The zero-order valence-corrected chi connectivity index (χ0v) is 15.3. The molecule has 1 amide bonds. The van der Waals surface area contributed by atoms with E-state index in [1.54, 1.807) is 0 Å². The van der Waals surface area contributed by atoms with Gasteiger partial charge in [-0.3, -0.25) is 15.0 Å². The first-order chi connectivity index (χ1) is 12.3. The molecular weight excluding hydrogens is 338 g/mol. The summed E-state index contributed by atoms with van der Waals surface area (Å²) in [6, 6.07) is 5.32. The molecular formula is C18H25N3O5. The normalized spacial score (nSPS) is 22.0. The summed E-state index contributed by atoms with van der Waals surface area (Å²) in [5.41, 5.74) is 6.59. The standard InChI is InChI=1S/C18H25N3O5/c1-18(2,3)20-15(22)10-26-17(23)12-9-19-21-16(12)11-4-5-13-14(8-11)25-7-6-24-13/h4-5,8,12,16,19,21H,6-7,9-10H2,1-3H3,(H,20,22). The van der Waals surface area contributed by atoms with Crippen molar-refractivity contribution in [2.24, 2.45) is 5.92 Å². The van der Waals surface area contributed by atoms with Gasteiger partial charge in [0, 0.05) is 12.1 Å². The fourth-order valence-electron chi connectivity index (χ4n) is 2.98. The number of carbonyl (C=O) groups excluding carboxylic acids is 2. The monoisotopic (exact) mass is 363 g/mol. The smallest absolute Gasteiger partial charge is 0.312 e. The van der Waals surface area contributed by atoms with Gasteiger partial charge in [-0.1, -0.05) is 6.07 Å². The molecule has 26 heavy (non-hydrogen) atoms. The number of hydrazine groups is 1. The average molecular weight is 363 g/mol. The van der Waals surface area contributed by atoms with Gasteiger partial charge in [-0.25, -0.2) is 5.43 Å². The Bertz CT molecular complexity index is 686. The van der Waals surface area contributed by atoms with E-state index < -0.39 is 11.9 Å². The molecule has 1 aromatic carbocycles. The van der Waals surface area contributed by atoms with Crippen LogP contribution in [-0.2, 0) is 14.3 Å². The predicted octanol–water partition coefficient (Wildman–Crippen LogP) is 0.681. The summed E-state index contributed by atoms with van der Waals surface area (Å²) in [7, 11) is 0. The molecule has 1 saturated heterocycles. The lowest BCUT2D eigenvalue weighted by molar-refractivity contribution is -0.153. The average Bonchev–Trinajstić information content (AvgIpc) is 3.07. The van der Waals surface area contributed by atoms with Gasteiger partial charge in [0.2, 0.25) is 0 Å². The lowest BCUT2D eigenvalue weighted by Crippen LogP contribution is -2.43. The lowest BCUT2D eigenvalue weighted by Gasteiger charge is -2.23. The van der Waals surface area contributed by atoms with Crippen molar-refractivity contribution in [1.29, 1.82) is 0 Å². The Hall–Kier alpha value is -2.32. The molecule has 2 aliphatic rings. The molecule has 0 bridgehead atoms. The van der Waals surface area contributed by atoms with Crippen molar-refractivity contribution >= 4 is 11.9 Å². The number of hydrogen-bond acceptors (Lipinski definition) is 7. The molecule has 1 fully saturated rings. The first-order valence-corrected chi connectivity index (χ1v) is 8.69. The number of fused-ring (bicyclic) bond motifs is 1. The minimum absolute atomic E-state index is 0.274. The zero-order chi connectivity index (χ0) is 18.7. The van der Waals surface area contributed by atoms with Gasteiger partial charge < -0.3 is 19.5 Å². The van der Waals surface area contributed by atoms with Gasteiger partial charge in [-0.15, -0.1) is 0 Å². The van der Waals surface area contributed by atoms with Gasteiger partial charge in [0.1, 0.15) is 13.2 Å². The maximum atomic E-state index is 12.4. The second-order valence-electron chi connectivity index (χ2n) is 7.42. The Kier molecular flexibility index (Phi) is 5.33. The molecule has 142 valence electrons. The van der Waals surface area contributed by atoms with Crippen LogP contribution in [0.4, 0.5) is 0 Å². The van der Waals surface area contributed by atoms with Crippen LogP contribution < -0.4 is 25.6 Å². The van der Waals surface area contributed by atoms with Crippen LogP contribution in [-0.4, -0.2) is 43.8 Å².